The van der Waals surface area contributed by atoms with Crippen LogP contribution in [0.25, 0.3) is 0 Å². The lowest BCUT2D eigenvalue weighted by molar-refractivity contribution is 0.304. The molecule has 0 atom stereocenters. The number of rotatable bonds is 5. The lowest BCUT2D eigenvalue weighted by Gasteiger charge is -2.18. The molecule has 0 aliphatic carbocycles. The van der Waals surface area contributed by atoms with Crippen LogP contribution in [0.1, 0.15) is 16.8 Å². The van der Waals surface area contributed by atoms with Gasteiger partial charge in [0.25, 0.3) is 0 Å². The number of nitrogens with zero attached hydrogens (tertiary/aromatic N) is 2. The van der Waals surface area contributed by atoms with Crippen molar-refractivity contribution < 1.29 is 9.84 Å². The van der Waals surface area contributed by atoms with Crippen molar-refractivity contribution in [3.8, 4) is 11.5 Å². The van der Waals surface area contributed by atoms with E-state index in [2.05, 4.69) is 9.88 Å². The highest BCUT2D eigenvalue weighted by molar-refractivity contribution is 5.48. The highest BCUT2D eigenvalue weighted by atomic mass is 16.5. The Hall–Kier alpha value is -2.07. The van der Waals surface area contributed by atoms with Crippen molar-refractivity contribution in [1.82, 2.24) is 9.88 Å². The van der Waals surface area contributed by atoms with Crippen LogP contribution in [0.15, 0.2) is 36.5 Å². The Labute approximate surface area is 119 Å². The maximum Gasteiger partial charge on any atom is 0.162 e. The molecule has 1 heterocycles. The molecule has 106 valence electrons. The van der Waals surface area contributed by atoms with Crippen LogP contribution in [0, 0.1) is 6.92 Å². The van der Waals surface area contributed by atoms with Crippen LogP contribution in [-0.4, -0.2) is 29.1 Å². The fraction of sp³-hybridized carbons (Fsp3) is 0.312. The third kappa shape index (κ3) is 3.48. The molecule has 4 nitrogen and oxygen atoms in total. The summed E-state index contributed by atoms with van der Waals surface area (Å²) in [4.78, 5) is 6.41. The molecule has 0 fully saturated rings. The van der Waals surface area contributed by atoms with Gasteiger partial charge in [0.2, 0.25) is 0 Å². The fourth-order valence-electron chi connectivity index (χ4n) is 2.21. The van der Waals surface area contributed by atoms with E-state index in [1.54, 1.807) is 13.3 Å². The van der Waals surface area contributed by atoms with Crippen molar-refractivity contribution in [1.29, 1.82) is 0 Å². The molecule has 1 N–H and O–H groups in total. The van der Waals surface area contributed by atoms with E-state index in [4.69, 9.17) is 4.74 Å². The highest BCUT2D eigenvalue weighted by Gasteiger charge is 2.11. The topological polar surface area (TPSA) is 45.6 Å². The summed E-state index contributed by atoms with van der Waals surface area (Å²) in [6.07, 6.45) is 1.79. The number of aromatic hydroxyl groups is 1. The molecule has 2 aromatic rings. The summed E-state index contributed by atoms with van der Waals surface area (Å²) in [5, 5.41) is 10.2. The molecule has 0 aliphatic heterocycles. The maximum absolute atomic E-state index is 10.2. The van der Waals surface area contributed by atoms with E-state index < -0.39 is 0 Å². The van der Waals surface area contributed by atoms with Crippen LogP contribution in [0.3, 0.4) is 0 Å². The number of methoxy groups -OCH3 is 1. The lowest BCUT2D eigenvalue weighted by atomic mass is 10.1. The zero-order valence-corrected chi connectivity index (χ0v) is 12.1. The van der Waals surface area contributed by atoms with E-state index >= 15 is 0 Å². The summed E-state index contributed by atoms with van der Waals surface area (Å²) in [5.74, 6) is 0.734. The van der Waals surface area contributed by atoms with Gasteiger partial charge in [-0.2, -0.15) is 0 Å². The van der Waals surface area contributed by atoms with Gasteiger partial charge in [0, 0.05) is 24.8 Å². The monoisotopic (exact) mass is 272 g/mol. The number of hydrogen-bond donors (Lipinski definition) is 1. The van der Waals surface area contributed by atoms with Crippen LogP contribution >= 0.6 is 0 Å². The zero-order valence-electron chi connectivity index (χ0n) is 12.1. The SMILES string of the molecule is COc1cc(C)cc(CN(C)Cc2ccccn2)c1O. The predicted molar refractivity (Wildman–Crippen MR) is 78.8 cm³/mol. The molecule has 0 saturated carbocycles. The van der Waals surface area contributed by atoms with Crippen molar-refractivity contribution in [2.75, 3.05) is 14.2 Å². The van der Waals surface area contributed by atoms with E-state index in [0.29, 0.717) is 12.3 Å². The third-order valence-corrected chi connectivity index (χ3v) is 3.12. The quantitative estimate of drug-likeness (QED) is 0.909. The van der Waals surface area contributed by atoms with Crippen molar-refractivity contribution >= 4 is 0 Å². The molecule has 0 amide bonds. The molecule has 20 heavy (non-hydrogen) atoms. The van der Waals surface area contributed by atoms with Gasteiger partial charge in [0.1, 0.15) is 0 Å². The molecule has 2 rings (SSSR count). The molecule has 0 aliphatic rings. The Morgan fingerprint density at radius 1 is 1.25 bits per heavy atom. The largest absolute Gasteiger partial charge is 0.504 e. The summed E-state index contributed by atoms with van der Waals surface area (Å²) in [6.45, 7) is 3.36. The van der Waals surface area contributed by atoms with Gasteiger partial charge in [-0.05, 0) is 37.7 Å². The van der Waals surface area contributed by atoms with Gasteiger partial charge in [-0.15, -0.1) is 0 Å². The van der Waals surface area contributed by atoms with Crippen molar-refractivity contribution in [2.45, 2.75) is 20.0 Å². The lowest BCUT2D eigenvalue weighted by Crippen LogP contribution is -2.18. The fourth-order valence-corrected chi connectivity index (χ4v) is 2.21. The van der Waals surface area contributed by atoms with Crippen molar-refractivity contribution in [3.63, 3.8) is 0 Å². The number of benzene rings is 1. The molecule has 0 spiro atoms. The summed E-state index contributed by atoms with van der Waals surface area (Å²) < 4.78 is 5.19. The first-order chi connectivity index (χ1) is 9.60. The first-order valence-corrected chi connectivity index (χ1v) is 6.55. The van der Waals surface area contributed by atoms with E-state index in [-0.39, 0.29) is 5.75 Å². The summed E-state index contributed by atoms with van der Waals surface area (Å²) in [5.41, 5.74) is 2.94. The van der Waals surface area contributed by atoms with Crippen LogP contribution in [0.5, 0.6) is 11.5 Å². The van der Waals surface area contributed by atoms with Gasteiger partial charge in [-0.25, -0.2) is 0 Å². The standard InChI is InChI=1S/C16H20N2O2/c1-12-8-13(16(19)15(9-12)20-3)10-18(2)11-14-6-4-5-7-17-14/h4-9,19H,10-11H2,1-3H3. The van der Waals surface area contributed by atoms with Gasteiger partial charge >= 0.3 is 0 Å². The highest BCUT2D eigenvalue weighted by Crippen LogP contribution is 2.32. The molecule has 0 saturated heterocycles. The number of aromatic nitrogens is 1. The summed E-state index contributed by atoms with van der Waals surface area (Å²) >= 11 is 0. The Morgan fingerprint density at radius 3 is 2.70 bits per heavy atom. The first kappa shape index (κ1) is 14.3. The van der Waals surface area contributed by atoms with E-state index in [1.807, 2.05) is 44.3 Å². The number of pyridine rings is 1. The van der Waals surface area contributed by atoms with Gasteiger partial charge in [0.15, 0.2) is 11.5 Å². The number of hydrogen-bond acceptors (Lipinski definition) is 4. The van der Waals surface area contributed by atoms with Crippen LogP contribution in [0.4, 0.5) is 0 Å². The number of ether oxygens (including phenoxy) is 1. The minimum absolute atomic E-state index is 0.214. The second-order valence-corrected chi connectivity index (χ2v) is 4.97. The first-order valence-electron chi connectivity index (χ1n) is 6.55. The molecule has 1 aromatic heterocycles. The Kier molecular flexibility index (Phi) is 4.58. The van der Waals surface area contributed by atoms with E-state index in [0.717, 1.165) is 23.4 Å². The number of phenolic OH excluding ortho intramolecular Hbond substituents is 1. The number of aryl methyl sites for hydroxylation is 1. The second-order valence-electron chi connectivity index (χ2n) is 4.97. The summed E-state index contributed by atoms with van der Waals surface area (Å²) in [7, 11) is 3.57. The van der Waals surface area contributed by atoms with Crippen LogP contribution in [0.2, 0.25) is 0 Å². The van der Waals surface area contributed by atoms with Gasteiger partial charge in [-0.1, -0.05) is 12.1 Å². The third-order valence-electron chi connectivity index (χ3n) is 3.12. The van der Waals surface area contributed by atoms with E-state index in [1.165, 1.54) is 0 Å². The molecule has 1 aromatic carbocycles. The minimum Gasteiger partial charge on any atom is -0.504 e. The van der Waals surface area contributed by atoms with Crippen molar-refractivity contribution in [2.24, 2.45) is 0 Å². The smallest absolute Gasteiger partial charge is 0.162 e. The predicted octanol–water partition coefficient (Wildman–Crippen LogP) is 2.74. The van der Waals surface area contributed by atoms with Gasteiger partial charge in [-0.3, -0.25) is 9.88 Å². The van der Waals surface area contributed by atoms with Crippen LogP contribution in [-0.2, 0) is 13.1 Å². The normalized spacial score (nSPS) is 10.8. The van der Waals surface area contributed by atoms with Gasteiger partial charge < -0.3 is 9.84 Å². The average Bonchev–Trinajstić information content (AvgIpc) is 2.43. The van der Waals surface area contributed by atoms with E-state index in [9.17, 15) is 5.11 Å². The molecule has 0 radical (unpaired) electrons. The Bertz CT molecular complexity index is 570. The molecular formula is C16H20N2O2. The average molecular weight is 272 g/mol. The zero-order chi connectivity index (χ0) is 14.5. The minimum atomic E-state index is 0.214. The molecular weight excluding hydrogens is 252 g/mol. The molecule has 4 heteroatoms. The second kappa shape index (κ2) is 6.39. The summed E-state index contributed by atoms with van der Waals surface area (Å²) in [6, 6.07) is 9.68. The number of phenols is 1. The Balaban J connectivity index is 2.11. The molecule has 0 bridgehead atoms. The van der Waals surface area contributed by atoms with Crippen LogP contribution < -0.4 is 4.74 Å². The van der Waals surface area contributed by atoms with Gasteiger partial charge in [0.05, 0.1) is 12.8 Å². The Morgan fingerprint density at radius 2 is 2.05 bits per heavy atom. The molecule has 0 unspecified atom stereocenters. The van der Waals surface area contributed by atoms with Crippen molar-refractivity contribution in [3.05, 3.63) is 53.3 Å². The maximum atomic E-state index is 10.2.